The lowest BCUT2D eigenvalue weighted by atomic mass is 10.1. The van der Waals surface area contributed by atoms with Gasteiger partial charge in [-0.2, -0.15) is 13.2 Å². The summed E-state index contributed by atoms with van der Waals surface area (Å²) in [6.45, 7) is 4.01. The van der Waals surface area contributed by atoms with E-state index in [4.69, 9.17) is 9.15 Å². The molecule has 180 valence electrons. The van der Waals surface area contributed by atoms with Crippen molar-refractivity contribution in [3.8, 4) is 5.75 Å². The molecular formula is C25H26F3N3O3. The van der Waals surface area contributed by atoms with Gasteiger partial charge in [0.25, 0.3) is 5.91 Å². The number of carbonyl (C=O) groups excluding carboxylic acids is 1. The zero-order valence-electron chi connectivity index (χ0n) is 18.8. The maximum Gasteiger partial charge on any atom is 0.416 e. The van der Waals surface area contributed by atoms with E-state index in [9.17, 15) is 18.0 Å². The Morgan fingerprint density at radius 3 is 2.44 bits per heavy atom. The Kier molecular flexibility index (Phi) is 7.12. The van der Waals surface area contributed by atoms with E-state index in [-0.39, 0.29) is 12.3 Å². The van der Waals surface area contributed by atoms with Crippen LogP contribution in [0, 0.1) is 0 Å². The number of benzene rings is 2. The standard InChI is InChI=1S/C25H26F3N3O3/c1-33-21-7-5-20(6-8-21)31-13-11-30(12-14-31)17-22-9-10-23(34-22)24(32)29-16-18-3-2-4-19(15-18)25(26,27)28/h2-10,15H,11-14,16-17H2,1H3,(H,29,32). The molecule has 0 spiro atoms. The second-order valence-electron chi connectivity index (χ2n) is 8.11. The molecule has 0 saturated carbocycles. The summed E-state index contributed by atoms with van der Waals surface area (Å²) in [6.07, 6.45) is -4.42. The topological polar surface area (TPSA) is 58.0 Å². The van der Waals surface area contributed by atoms with Crippen molar-refractivity contribution in [3.63, 3.8) is 0 Å². The number of methoxy groups -OCH3 is 1. The van der Waals surface area contributed by atoms with Gasteiger partial charge in [-0.05, 0) is 54.1 Å². The van der Waals surface area contributed by atoms with Crippen molar-refractivity contribution in [2.24, 2.45) is 0 Å². The molecule has 4 rings (SSSR count). The van der Waals surface area contributed by atoms with Crippen LogP contribution in [0.5, 0.6) is 5.75 Å². The molecule has 1 saturated heterocycles. The van der Waals surface area contributed by atoms with Gasteiger partial charge in [0.2, 0.25) is 0 Å². The summed E-state index contributed by atoms with van der Waals surface area (Å²) in [5.41, 5.74) is 0.773. The van der Waals surface area contributed by atoms with Crippen LogP contribution in [0.3, 0.4) is 0 Å². The highest BCUT2D eigenvalue weighted by Gasteiger charge is 2.30. The summed E-state index contributed by atoms with van der Waals surface area (Å²) in [5, 5.41) is 2.61. The summed E-state index contributed by atoms with van der Waals surface area (Å²) in [4.78, 5) is 17.0. The second-order valence-corrected chi connectivity index (χ2v) is 8.11. The Hall–Kier alpha value is -3.46. The molecule has 1 aromatic heterocycles. The molecule has 0 aliphatic carbocycles. The molecule has 9 heteroatoms. The van der Waals surface area contributed by atoms with Gasteiger partial charge < -0.3 is 19.4 Å². The number of nitrogens with one attached hydrogen (secondary N) is 1. The number of carbonyl (C=O) groups is 1. The van der Waals surface area contributed by atoms with Gasteiger partial charge in [-0.15, -0.1) is 0 Å². The third-order valence-electron chi connectivity index (χ3n) is 5.78. The summed E-state index contributed by atoms with van der Waals surface area (Å²) in [7, 11) is 1.65. The fourth-order valence-electron chi connectivity index (χ4n) is 3.89. The Morgan fingerprint density at radius 2 is 1.76 bits per heavy atom. The van der Waals surface area contributed by atoms with E-state index in [2.05, 4.69) is 15.1 Å². The summed E-state index contributed by atoms with van der Waals surface area (Å²) < 4.78 is 49.4. The van der Waals surface area contributed by atoms with Crippen LogP contribution < -0.4 is 15.0 Å². The third-order valence-corrected chi connectivity index (χ3v) is 5.78. The zero-order chi connectivity index (χ0) is 24.1. The molecule has 1 N–H and O–H groups in total. The molecule has 0 bridgehead atoms. The number of hydrogen-bond acceptors (Lipinski definition) is 5. The van der Waals surface area contributed by atoms with Gasteiger partial charge in [0.1, 0.15) is 11.5 Å². The predicted octanol–water partition coefficient (Wildman–Crippen LogP) is 4.56. The Labute approximate surface area is 195 Å². The first-order chi connectivity index (χ1) is 16.3. The minimum absolute atomic E-state index is 0.0217. The number of furan rings is 1. The van der Waals surface area contributed by atoms with Gasteiger partial charge in [0.05, 0.1) is 19.2 Å². The van der Waals surface area contributed by atoms with Crippen molar-refractivity contribution in [3.05, 3.63) is 83.3 Å². The first kappa shape index (κ1) is 23.7. The number of rotatable bonds is 7. The van der Waals surface area contributed by atoms with E-state index in [1.807, 2.05) is 24.3 Å². The highest BCUT2D eigenvalue weighted by atomic mass is 19.4. The van der Waals surface area contributed by atoms with Gasteiger partial charge >= 0.3 is 6.18 Å². The number of piperazine rings is 1. The number of nitrogens with zero attached hydrogens (tertiary/aromatic N) is 2. The lowest BCUT2D eigenvalue weighted by molar-refractivity contribution is -0.137. The van der Waals surface area contributed by atoms with Gasteiger partial charge in [-0.1, -0.05) is 12.1 Å². The van der Waals surface area contributed by atoms with Crippen LogP contribution in [0.4, 0.5) is 18.9 Å². The molecule has 1 fully saturated rings. The maximum atomic E-state index is 12.8. The third kappa shape index (κ3) is 5.91. The van der Waals surface area contributed by atoms with Crippen LogP contribution in [0.15, 0.2) is 65.1 Å². The normalized spacial score (nSPS) is 14.8. The molecule has 34 heavy (non-hydrogen) atoms. The monoisotopic (exact) mass is 473 g/mol. The van der Waals surface area contributed by atoms with Crippen LogP contribution in [0.2, 0.25) is 0 Å². The Balaban J connectivity index is 1.26. The van der Waals surface area contributed by atoms with Gasteiger partial charge in [0, 0.05) is 38.4 Å². The lowest BCUT2D eigenvalue weighted by Gasteiger charge is -2.35. The summed E-state index contributed by atoms with van der Waals surface area (Å²) in [5.74, 6) is 1.17. The number of ether oxygens (including phenoxy) is 1. The van der Waals surface area contributed by atoms with Crippen molar-refractivity contribution in [1.82, 2.24) is 10.2 Å². The average molecular weight is 473 g/mol. The molecule has 0 atom stereocenters. The van der Waals surface area contributed by atoms with Crippen LogP contribution in [0.25, 0.3) is 0 Å². The molecule has 1 aliphatic rings. The van der Waals surface area contributed by atoms with E-state index in [1.54, 1.807) is 19.2 Å². The summed E-state index contributed by atoms with van der Waals surface area (Å²) >= 11 is 0. The number of alkyl halides is 3. The molecule has 3 aromatic rings. The highest BCUT2D eigenvalue weighted by Crippen LogP contribution is 2.29. The number of hydrogen-bond donors (Lipinski definition) is 1. The lowest BCUT2D eigenvalue weighted by Crippen LogP contribution is -2.45. The molecule has 2 aromatic carbocycles. The van der Waals surface area contributed by atoms with E-state index < -0.39 is 17.6 Å². The van der Waals surface area contributed by atoms with E-state index in [0.29, 0.717) is 17.9 Å². The van der Waals surface area contributed by atoms with Crippen LogP contribution in [-0.4, -0.2) is 44.1 Å². The van der Waals surface area contributed by atoms with Gasteiger partial charge in [-0.3, -0.25) is 9.69 Å². The van der Waals surface area contributed by atoms with E-state index in [1.165, 1.54) is 12.1 Å². The second kappa shape index (κ2) is 10.2. The van der Waals surface area contributed by atoms with Crippen molar-refractivity contribution in [2.75, 3.05) is 38.2 Å². The van der Waals surface area contributed by atoms with Crippen LogP contribution in [0.1, 0.15) is 27.4 Å². The van der Waals surface area contributed by atoms with Crippen molar-refractivity contribution >= 4 is 11.6 Å². The molecule has 1 aliphatic heterocycles. The SMILES string of the molecule is COc1ccc(N2CCN(Cc3ccc(C(=O)NCc4cccc(C(F)(F)F)c4)o3)CC2)cc1. The maximum absolute atomic E-state index is 12.8. The average Bonchev–Trinajstić information content (AvgIpc) is 3.31. The molecule has 0 radical (unpaired) electrons. The summed E-state index contributed by atoms with van der Waals surface area (Å²) in [6, 6.07) is 16.2. The number of anilines is 1. The minimum atomic E-state index is -4.42. The fraction of sp³-hybridized carbons (Fsp3) is 0.320. The van der Waals surface area contributed by atoms with Crippen LogP contribution >= 0.6 is 0 Å². The highest BCUT2D eigenvalue weighted by molar-refractivity contribution is 5.91. The minimum Gasteiger partial charge on any atom is -0.497 e. The molecule has 1 amide bonds. The molecule has 0 unspecified atom stereocenters. The van der Waals surface area contributed by atoms with E-state index in [0.717, 1.165) is 49.7 Å². The first-order valence-electron chi connectivity index (χ1n) is 11.0. The van der Waals surface area contributed by atoms with Crippen molar-refractivity contribution < 1.29 is 27.1 Å². The molecule has 6 nitrogen and oxygen atoms in total. The first-order valence-corrected chi connectivity index (χ1v) is 11.0. The smallest absolute Gasteiger partial charge is 0.416 e. The van der Waals surface area contributed by atoms with Crippen molar-refractivity contribution in [2.45, 2.75) is 19.3 Å². The number of amides is 1. The predicted molar refractivity (Wildman–Crippen MR) is 122 cm³/mol. The van der Waals surface area contributed by atoms with Crippen LogP contribution in [-0.2, 0) is 19.3 Å². The molecule has 2 heterocycles. The fourth-order valence-corrected chi connectivity index (χ4v) is 3.89. The Bertz CT molecular complexity index is 1100. The largest absolute Gasteiger partial charge is 0.497 e. The Morgan fingerprint density at radius 1 is 1.03 bits per heavy atom. The van der Waals surface area contributed by atoms with Gasteiger partial charge in [-0.25, -0.2) is 0 Å². The quantitative estimate of drug-likeness (QED) is 0.545. The zero-order valence-corrected chi connectivity index (χ0v) is 18.8. The van der Waals surface area contributed by atoms with E-state index >= 15 is 0 Å². The molecular weight excluding hydrogens is 447 g/mol. The van der Waals surface area contributed by atoms with Gasteiger partial charge in [0.15, 0.2) is 5.76 Å². The number of halogens is 3. The van der Waals surface area contributed by atoms with Crippen molar-refractivity contribution in [1.29, 1.82) is 0 Å².